The summed E-state index contributed by atoms with van der Waals surface area (Å²) in [4.78, 5) is 3.73. The highest BCUT2D eigenvalue weighted by atomic mass is 35.7. The van der Waals surface area contributed by atoms with Crippen molar-refractivity contribution in [3.63, 3.8) is 0 Å². The topological polar surface area (TPSA) is 25.8 Å². The summed E-state index contributed by atoms with van der Waals surface area (Å²) in [7, 11) is 6.25. The third-order valence-corrected chi connectivity index (χ3v) is 2.10. The Balaban J connectivity index is 2.84. The van der Waals surface area contributed by atoms with Gasteiger partial charge in [0.15, 0.2) is 0 Å². The van der Waals surface area contributed by atoms with Crippen LogP contribution in [0.4, 0.5) is 0 Å². The van der Waals surface area contributed by atoms with Gasteiger partial charge in [-0.15, -0.1) is 0 Å². The van der Waals surface area contributed by atoms with Gasteiger partial charge in [-0.2, -0.15) is 9.36 Å². The van der Waals surface area contributed by atoms with E-state index in [4.69, 9.17) is 22.3 Å². The summed E-state index contributed by atoms with van der Waals surface area (Å²) < 4.78 is 4.19. The fraction of sp³-hybridized carbons (Fsp3) is 0. The summed E-state index contributed by atoms with van der Waals surface area (Å²) in [6.07, 6.45) is 0. The van der Waals surface area contributed by atoms with Crippen LogP contribution in [0.5, 0.6) is 0 Å². The molecule has 6 heteroatoms. The van der Waals surface area contributed by atoms with Gasteiger partial charge < -0.3 is 0 Å². The molecule has 44 valence electrons. The quantitative estimate of drug-likeness (QED) is 0.675. The van der Waals surface area contributed by atoms with Crippen molar-refractivity contribution in [2.75, 3.05) is 0 Å². The van der Waals surface area contributed by atoms with Crippen molar-refractivity contribution in [2.45, 2.75) is 5.16 Å². The zero-order valence-electron chi connectivity index (χ0n) is 3.47. The van der Waals surface area contributed by atoms with Crippen molar-refractivity contribution in [1.82, 2.24) is 9.36 Å². The second-order valence-corrected chi connectivity index (χ2v) is 3.22. The molecule has 1 aromatic rings. The fourth-order valence-corrected chi connectivity index (χ4v) is 1.54. The van der Waals surface area contributed by atoms with Gasteiger partial charge in [0.25, 0.3) is 0 Å². The van der Waals surface area contributed by atoms with Crippen LogP contribution in [0, 0.1) is 0 Å². The second kappa shape index (κ2) is 2.87. The van der Waals surface area contributed by atoms with Gasteiger partial charge in [0.2, 0.25) is 9.62 Å². The molecule has 0 aliphatic rings. The summed E-state index contributed by atoms with van der Waals surface area (Å²) in [5.41, 5.74) is 0. The predicted molar refractivity (Wildman–Crippen MR) is 36.6 cm³/mol. The lowest BCUT2D eigenvalue weighted by Gasteiger charge is -1.72. The van der Waals surface area contributed by atoms with Crippen molar-refractivity contribution >= 4 is 44.8 Å². The van der Waals surface area contributed by atoms with E-state index in [-0.39, 0.29) is 0 Å². The zero-order chi connectivity index (χ0) is 5.98. The van der Waals surface area contributed by atoms with Gasteiger partial charge in [-0.25, -0.2) is 0 Å². The van der Waals surface area contributed by atoms with E-state index >= 15 is 0 Å². The highest BCUT2D eigenvalue weighted by molar-refractivity contribution is 8.21. The zero-order valence-corrected chi connectivity index (χ0v) is 6.61. The molecule has 0 radical (unpaired) electrons. The van der Waals surface area contributed by atoms with Crippen LogP contribution in [0.1, 0.15) is 0 Å². The maximum absolute atomic E-state index is 5.41. The van der Waals surface area contributed by atoms with Gasteiger partial charge in [-0.1, -0.05) is 0 Å². The first-order valence-corrected chi connectivity index (χ1v) is 4.40. The first-order valence-electron chi connectivity index (χ1n) is 1.60. The molecule has 2 nitrogen and oxygen atoms in total. The number of halogens is 2. The van der Waals surface area contributed by atoms with E-state index in [0.717, 1.165) is 22.5 Å². The molecule has 0 aliphatic carbocycles. The first kappa shape index (κ1) is 6.61. The lowest BCUT2D eigenvalue weighted by atomic mass is 11.3. The van der Waals surface area contributed by atoms with Crippen LogP contribution < -0.4 is 0 Å². The van der Waals surface area contributed by atoms with E-state index in [2.05, 4.69) is 9.36 Å². The summed E-state index contributed by atoms with van der Waals surface area (Å²) in [6, 6.07) is 0. The molecule has 0 amide bonds. The van der Waals surface area contributed by atoms with Gasteiger partial charge in [0.1, 0.15) is 0 Å². The molecule has 0 N–H and O–H groups in total. The molecule has 0 aromatic carbocycles. The van der Waals surface area contributed by atoms with E-state index in [9.17, 15) is 0 Å². The molecule has 0 spiro atoms. The molecule has 8 heavy (non-hydrogen) atoms. The number of hydrogen-bond donors (Lipinski definition) is 0. The molecule has 0 atom stereocenters. The molecule has 0 unspecified atom stereocenters. The first-order chi connectivity index (χ1) is 3.83. The summed E-state index contributed by atoms with van der Waals surface area (Å²) in [5, 5.41) is 0.515. The number of aromatic nitrogens is 2. The largest absolute Gasteiger partial charge is 0.217 e. The molecular weight excluding hydrogens is 187 g/mol. The Labute approximate surface area is 63.9 Å². The van der Waals surface area contributed by atoms with E-state index in [1.165, 1.54) is 0 Å². The van der Waals surface area contributed by atoms with Gasteiger partial charge in [0, 0.05) is 11.0 Å². The summed E-state index contributed by atoms with van der Waals surface area (Å²) in [5.74, 6) is 0. The minimum atomic E-state index is 0.424. The van der Waals surface area contributed by atoms with E-state index < -0.39 is 0 Å². The summed E-state index contributed by atoms with van der Waals surface area (Å²) in [6.45, 7) is 0. The minimum Gasteiger partial charge on any atom is -0.197 e. The Bertz CT molecular complexity index is 176. The summed E-state index contributed by atoms with van der Waals surface area (Å²) >= 11 is 6.54. The lowest BCUT2D eigenvalue weighted by molar-refractivity contribution is 1.09. The van der Waals surface area contributed by atoms with Crippen molar-refractivity contribution < 1.29 is 0 Å². The Morgan fingerprint density at radius 2 is 2.38 bits per heavy atom. The molecule has 0 fully saturated rings. The van der Waals surface area contributed by atoms with Crippen LogP contribution in [0.15, 0.2) is 5.16 Å². The Hall–Kier alpha value is 0.490. The molecule has 0 saturated heterocycles. The van der Waals surface area contributed by atoms with Crippen molar-refractivity contribution in [3.8, 4) is 0 Å². The van der Waals surface area contributed by atoms with Crippen molar-refractivity contribution in [1.29, 1.82) is 0 Å². The molecule has 1 rings (SSSR count). The smallest absolute Gasteiger partial charge is 0.197 e. The monoisotopic (exact) mass is 186 g/mol. The van der Waals surface area contributed by atoms with Crippen LogP contribution in [0.3, 0.4) is 0 Å². The Kier molecular flexibility index (Phi) is 2.37. The fourth-order valence-electron chi connectivity index (χ4n) is 0.224. The highest BCUT2D eigenvalue weighted by Crippen LogP contribution is 2.21. The average molecular weight is 187 g/mol. The Morgan fingerprint density at radius 1 is 1.62 bits per heavy atom. The Morgan fingerprint density at radius 3 is 2.62 bits per heavy atom. The molecule has 0 bridgehead atoms. The highest BCUT2D eigenvalue weighted by Gasteiger charge is 1.97. The molecule has 1 aromatic heterocycles. The third-order valence-electron chi connectivity index (χ3n) is 0.452. The number of rotatable bonds is 1. The van der Waals surface area contributed by atoms with Gasteiger partial charge in [0.05, 0.1) is 0 Å². The molecular formula is C2Cl2N2S2. The predicted octanol–water partition coefficient (Wildman–Crippen LogP) is 2.44. The van der Waals surface area contributed by atoms with E-state index in [1.807, 2.05) is 0 Å². The van der Waals surface area contributed by atoms with Gasteiger partial charge in [-0.3, -0.25) is 0 Å². The van der Waals surface area contributed by atoms with E-state index in [1.54, 1.807) is 0 Å². The van der Waals surface area contributed by atoms with Crippen LogP contribution in [-0.4, -0.2) is 9.36 Å². The molecule has 0 aliphatic heterocycles. The van der Waals surface area contributed by atoms with Crippen LogP contribution >= 0.6 is 44.8 Å². The van der Waals surface area contributed by atoms with Crippen LogP contribution in [-0.2, 0) is 0 Å². The number of nitrogens with zero attached hydrogens (tertiary/aromatic N) is 2. The van der Waals surface area contributed by atoms with Gasteiger partial charge >= 0.3 is 0 Å². The molecule has 1 heterocycles. The lowest BCUT2D eigenvalue weighted by Crippen LogP contribution is -1.64. The molecule has 0 saturated carbocycles. The third kappa shape index (κ3) is 1.48. The standard InChI is InChI=1S/C2Cl2N2S2/c3-1-5-2(7-4)6-8-1. The maximum Gasteiger partial charge on any atom is 0.217 e. The maximum atomic E-state index is 5.41. The minimum absolute atomic E-state index is 0.424. The van der Waals surface area contributed by atoms with Crippen LogP contribution in [0.2, 0.25) is 4.47 Å². The van der Waals surface area contributed by atoms with Crippen molar-refractivity contribution in [2.24, 2.45) is 0 Å². The second-order valence-electron chi connectivity index (χ2n) is 0.907. The van der Waals surface area contributed by atoms with Gasteiger partial charge in [-0.05, 0) is 33.8 Å². The normalized spacial score (nSPS) is 9.75. The number of hydrogen-bond acceptors (Lipinski definition) is 4. The van der Waals surface area contributed by atoms with E-state index in [0.29, 0.717) is 9.62 Å². The average Bonchev–Trinajstić information content (AvgIpc) is 2.14. The van der Waals surface area contributed by atoms with Crippen LogP contribution in [0.25, 0.3) is 0 Å². The van der Waals surface area contributed by atoms with Crippen molar-refractivity contribution in [3.05, 3.63) is 4.47 Å². The SMILES string of the molecule is ClSc1nsc(Cl)n1.